The van der Waals surface area contributed by atoms with E-state index in [9.17, 15) is 4.79 Å². The molecule has 0 aromatic heterocycles. The molecule has 0 saturated heterocycles. The maximum absolute atomic E-state index is 10.7. The molecule has 0 aromatic rings. The van der Waals surface area contributed by atoms with Crippen LogP contribution in [-0.2, 0) is 9.53 Å². The van der Waals surface area contributed by atoms with Crippen molar-refractivity contribution in [2.75, 3.05) is 0 Å². The zero-order chi connectivity index (χ0) is 12.7. The fourth-order valence-electron chi connectivity index (χ4n) is 4.34. The van der Waals surface area contributed by atoms with Gasteiger partial charge in [0.05, 0.1) is 0 Å². The van der Waals surface area contributed by atoms with E-state index in [4.69, 9.17) is 4.74 Å². The molecule has 2 aliphatic carbocycles. The van der Waals surface area contributed by atoms with Gasteiger partial charge in [0.1, 0.15) is 5.60 Å². The van der Waals surface area contributed by atoms with Gasteiger partial charge >= 0.3 is 0 Å². The molecule has 2 aliphatic rings. The summed E-state index contributed by atoms with van der Waals surface area (Å²) in [5, 5.41) is 0. The smallest absolute Gasteiger partial charge is 0.293 e. The Morgan fingerprint density at radius 2 is 1.71 bits per heavy atom. The standard InChI is InChI=1S/C15H26O2/c1-11-5-12-7-13(6-11)9-15(4,8-12)14(2,3)17-10-16/h10-13H,5-9H2,1-4H3. The van der Waals surface area contributed by atoms with E-state index in [0.717, 1.165) is 17.8 Å². The average Bonchev–Trinajstić information content (AvgIpc) is 2.14. The van der Waals surface area contributed by atoms with Crippen LogP contribution < -0.4 is 0 Å². The SMILES string of the molecule is CC1CC2CC(C1)CC(C)(C(C)(C)OC=O)C2. The van der Waals surface area contributed by atoms with E-state index in [0.29, 0.717) is 6.47 Å². The monoisotopic (exact) mass is 238 g/mol. The summed E-state index contributed by atoms with van der Waals surface area (Å²) in [5.41, 5.74) is -0.173. The van der Waals surface area contributed by atoms with E-state index in [-0.39, 0.29) is 11.0 Å². The second-order valence-corrected chi connectivity index (χ2v) is 7.24. The fraction of sp³-hybridized carbons (Fsp3) is 0.933. The minimum Gasteiger partial charge on any atom is -0.461 e. The second kappa shape index (κ2) is 4.29. The van der Waals surface area contributed by atoms with Crippen LogP contribution in [0.2, 0.25) is 0 Å². The Morgan fingerprint density at radius 1 is 1.18 bits per heavy atom. The van der Waals surface area contributed by atoms with Crippen LogP contribution >= 0.6 is 0 Å². The van der Waals surface area contributed by atoms with Crippen LogP contribution in [0.3, 0.4) is 0 Å². The van der Waals surface area contributed by atoms with E-state index in [1.165, 1.54) is 32.1 Å². The van der Waals surface area contributed by atoms with Gasteiger partial charge in [0.25, 0.3) is 6.47 Å². The molecule has 0 heterocycles. The number of hydrogen-bond donors (Lipinski definition) is 0. The van der Waals surface area contributed by atoms with E-state index in [1.807, 2.05) is 0 Å². The van der Waals surface area contributed by atoms with Gasteiger partial charge in [0.2, 0.25) is 0 Å². The Bertz CT molecular complexity index is 277. The molecule has 17 heavy (non-hydrogen) atoms. The van der Waals surface area contributed by atoms with Gasteiger partial charge in [0, 0.05) is 5.41 Å². The largest absolute Gasteiger partial charge is 0.461 e. The fourth-order valence-corrected chi connectivity index (χ4v) is 4.34. The summed E-state index contributed by atoms with van der Waals surface area (Å²) < 4.78 is 5.38. The predicted octanol–water partition coefficient (Wildman–Crippen LogP) is 3.79. The van der Waals surface area contributed by atoms with Crippen LogP contribution in [0.25, 0.3) is 0 Å². The third-order valence-corrected chi connectivity index (χ3v) is 5.41. The minimum absolute atomic E-state index is 0.154. The molecular formula is C15H26O2. The summed E-state index contributed by atoms with van der Waals surface area (Å²) in [6.45, 7) is 9.47. The highest BCUT2D eigenvalue weighted by molar-refractivity contribution is 5.38. The Hall–Kier alpha value is -0.530. The number of hydrogen-bond acceptors (Lipinski definition) is 2. The molecule has 0 aromatic carbocycles. The first-order valence-electron chi connectivity index (χ1n) is 6.98. The van der Waals surface area contributed by atoms with Crippen molar-refractivity contribution in [1.29, 1.82) is 0 Å². The quantitative estimate of drug-likeness (QED) is 0.699. The molecule has 2 bridgehead atoms. The summed E-state index contributed by atoms with van der Waals surface area (Å²) >= 11 is 0. The van der Waals surface area contributed by atoms with Gasteiger partial charge in [-0.2, -0.15) is 0 Å². The van der Waals surface area contributed by atoms with E-state index >= 15 is 0 Å². The molecule has 2 unspecified atom stereocenters. The molecular weight excluding hydrogens is 212 g/mol. The summed E-state index contributed by atoms with van der Waals surface area (Å²) in [6, 6.07) is 0. The Balaban J connectivity index is 2.15. The van der Waals surface area contributed by atoms with Gasteiger partial charge in [-0.1, -0.05) is 13.8 Å². The molecule has 2 fully saturated rings. The van der Waals surface area contributed by atoms with Gasteiger partial charge in [-0.15, -0.1) is 0 Å². The number of fused-ring (bicyclic) bond motifs is 2. The second-order valence-electron chi connectivity index (χ2n) is 7.24. The molecule has 0 aliphatic heterocycles. The lowest BCUT2D eigenvalue weighted by Crippen LogP contribution is -2.49. The zero-order valence-electron chi connectivity index (χ0n) is 11.7. The van der Waals surface area contributed by atoms with Gasteiger partial charge in [-0.05, 0) is 63.7 Å². The summed E-state index contributed by atoms with van der Waals surface area (Å²) in [4.78, 5) is 10.7. The zero-order valence-corrected chi connectivity index (χ0v) is 11.7. The lowest BCUT2D eigenvalue weighted by atomic mass is 9.55. The normalized spacial score (nSPS) is 42.0. The molecule has 98 valence electrons. The molecule has 2 rings (SSSR count). The Morgan fingerprint density at radius 3 is 2.18 bits per heavy atom. The van der Waals surface area contributed by atoms with Crippen LogP contribution in [0.5, 0.6) is 0 Å². The number of ether oxygens (including phenoxy) is 1. The third-order valence-electron chi connectivity index (χ3n) is 5.41. The van der Waals surface area contributed by atoms with Crippen molar-refractivity contribution < 1.29 is 9.53 Å². The van der Waals surface area contributed by atoms with E-state index in [2.05, 4.69) is 27.7 Å². The first kappa shape index (κ1) is 12.9. The van der Waals surface area contributed by atoms with Crippen molar-refractivity contribution in [3.05, 3.63) is 0 Å². The highest BCUT2D eigenvalue weighted by Gasteiger charge is 2.50. The van der Waals surface area contributed by atoms with Gasteiger partial charge < -0.3 is 4.74 Å². The van der Waals surface area contributed by atoms with Crippen LogP contribution in [0, 0.1) is 23.2 Å². The van der Waals surface area contributed by atoms with Gasteiger partial charge in [-0.3, -0.25) is 4.79 Å². The maximum atomic E-state index is 10.7. The van der Waals surface area contributed by atoms with Crippen molar-refractivity contribution in [2.45, 2.75) is 65.4 Å². The maximum Gasteiger partial charge on any atom is 0.293 e. The number of rotatable bonds is 3. The van der Waals surface area contributed by atoms with E-state index < -0.39 is 0 Å². The van der Waals surface area contributed by atoms with Gasteiger partial charge in [-0.25, -0.2) is 0 Å². The first-order chi connectivity index (χ1) is 7.86. The molecule has 0 N–H and O–H groups in total. The topological polar surface area (TPSA) is 26.3 Å². The van der Waals surface area contributed by atoms with Crippen molar-refractivity contribution >= 4 is 6.47 Å². The minimum atomic E-state index is -0.327. The van der Waals surface area contributed by atoms with Crippen LogP contribution in [0.1, 0.15) is 59.8 Å². The molecule has 0 radical (unpaired) electrons. The Labute approximate surface area is 105 Å². The molecule has 2 heteroatoms. The van der Waals surface area contributed by atoms with E-state index in [1.54, 1.807) is 0 Å². The summed E-state index contributed by atoms with van der Waals surface area (Å²) in [5.74, 6) is 2.58. The average molecular weight is 238 g/mol. The van der Waals surface area contributed by atoms with Crippen molar-refractivity contribution in [3.63, 3.8) is 0 Å². The van der Waals surface area contributed by atoms with Crippen LogP contribution in [-0.4, -0.2) is 12.1 Å². The van der Waals surface area contributed by atoms with Crippen molar-refractivity contribution in [3.8, 4) is 0 Å². The summed E-state index contributed by atoms with van der Waals surface area (Å²) in [7, 11) is 0. The molecule has 2 nitrogen and oxygen atoms in total. The third kappa shape index (κ3) is 2.36. The van der Waals surface area contributed by atoms with Crippen LogP contribution in [0.4, 0.5) is 0 Å². The van der Waals surface area contributed by atoms with Crippen LogP contribution in [0.15, 0.2) is 0 Å². The molecule has 2 atom stereocenters. The van der Waals surface area contributed by atoms with Crippen molar-refractivity contribution in [1.82, 2.24) is 0 Å². The molecule has 0 spiro atoms. The highest BCUT2D eigenvalue weighted by atomic mass is 16.5. The van der Waals surface area contributed by atoms with Crippen molar-refractivity contribution in [2.24, 2.45) is 23.2 Å². The highest BCUT2D eigenvalue weighted by Crippen LogP contribution is 2.55. The molecule has 2 saturated carbocycles. The summed E-state index contributed by atoms with van der Waals surface area (Å²) in [6.07, 6.45) is 6.56. The van der Waals surface area contributed by atoms with Gasteiger partial charge in [0.15, 0.2) is 0 Å². The lowest BCUT2D eigenvalue weighted by molar-refractivity contribution is -0.163. The first-order valence-corrected chi connectivity index (χ1v) is 6.98. The predicted molar refractivity (Wildman–Crippen MR) is 68.6 cm³/mol. The number of carbonyl (C=O) groups excluding carboxylic acids is 1. The molecule has 0 amide bonds. The Kier molecular flexibility index (Phi) is 3.26. The lowest BCUT2D eigenvalue weighted by Gasteiger charge is -2.53. The number of carbonyl (C=O) groups is 1.